The molecule has 3 aromatic heterocycles. The van der Waals surface area contributed by atoms with Crippen molar-refractivity contribution in [2.75, 3.05) is 13.1 Å². The Kier molecular flexibility index (Phi) is 4.09. The normalized spacial score (nSPS) is 16.1. The van der Waals surface area contributed by atoms with E-state index in [1.807, 2.05) is 12.1 Å². The number of hydrogen-bond donors (Lipinski definition) is 2. The van der Waals surface area contributed by atoms with Crippen molar-refractivity contribution in [1.82, 2.24) is 24.4 Å². The van der Waals surface area contributed by atoms with Crippen LogP contribution >= 0.6 is 0 Å². The van der Waals surface area contributed by atoms with Crippen molar-refractivity contribution < 1.29 is 0 Å². The molecule has 1 fully saturated rings. The Morgan fingerprint density at radius 2 is 1.82 bits per heavy atom. The lowest BCUT2D eigenvalue weighted by Gasteiger charge is -2.33. The number of H-pyrrole nitrogens is 2. The highest BCUT2D eigenvalue weighted by Gasteiger charge is 2.24. The van der Waals surface area contributed by atoms with Gasteiger partial charge in [-0.2, -0.15) is 0 Å². The molecule has 0 unspecified atom stereocenters. The van der Waals surface area contributed by atoms with Crippen molar-refractivity contribution in [3.63, 3.8) is 0 Å². The van der Waals surface area contributed by atoms with Gasteiger partial charge in [0.25, 0.3) is 5.56 Å². The number of nitrogens with zero attached hydrogens (tertiary/aromatic N) is 3. The van der Waals surface area contributed by atoms with Crippen LogP contribution in [0.2, 0.25) is 0 Å². The summed E-state index contributed by atoms with van der Waals surface area (Å²) in [6.07, 6.45) is 5.06. The lowest BCUT2D eigenvalue weighted by Crippen LogP contribution is -2.39. The minimum Gasteiger partial charge on any atom is -0.346 e. The fourth-order valence-electron chi connectivity index (χ4n) is 4.27. The van der Waals surface area contributed by atoms with E-state index in [9.17, 15) is 9.59 Å². The number of likely N-dealkylation sites (tertiary alicyclic amines) is 1. The third-order valence-corrected chi connectivity index (χ3v) is 5.65. The fraction of sp³-hybridized carbons (Fsp3) is 0.286. The first kappa shape index (κ1) is 16.9. The SMILES string of the molecule is O=c1[nH]c(=O)n(C2CCN(Cc3ccccc3)CC2)c2c1cnc1[nH]ccc12. The maximum Gasteiger partial charge on any atom is 0.329 e. The van der Waals surface area contributed by atoms with Crippen LogP contribution in [0.15, 0.2) is 58.4 Å². The first-order valence-electron chi connectivity index (χ1n) is 9.57. The lowest BCUT2D eigenvalue weighted by atomic mass is 10.0. The Hall–Kier alpha value is -3.19. The largest absolute Gasteiger partial charge is 0.346 e. The Bertz CT molecular complexity index is 1250. The van der Waals surface area contributed by atoms with Gasteiger partial charge in [-0.25, -0.2) is 9.78 Å². The molecule has 7 heteroatoms. The molecule has 0 spiro atoms. The second kappa shape index (κ2) is 6.76. The average molecular weight is 375 g/mol. The number of aromatic nitrogens is 4. The molecule has 142 valence electrons. The Labute approximate surface area is 160 Å². The molecule has 1 aliphatic heterocycles. The smallest absolute Gasteiger partial charge is 0.329 e. The van der Waals surface area contributed by atoms with Crippen LogP contribution in [-0.4, -0.2) is 37.5 Å². The summed E-state index contributed by atoms with van der Waals surface area (Å²) < 4.78 is 1.77. The van der Waals surface area contributed by atoms with Gasteiger partial charge < -0.3 is 4.98 Å². The monoisotopic (exact) mass is 375 g/mol. The predicted octanol–water partition coefficient (Wildman–Crippen LogP) is 2.40. The van der Waals surface area contributed by atoms with E-state index in [1.165, 1.54) is 5.56 Å². The van der Waals surface area contributed by atoms with E-state index in [-0.39, 0.29) is 17.3 Å². The van der Waals surface area contributed by atoms with Gasteiger partial charge in [0, 0.05) is 43.5 Å². The van der Waals surface area contributed by atoms with E-state index in [2.05, 4.69) is 44.1 Å². The first-order chi connectivity index (χ1) is 13.7. The zero-order valence-corrected chi connectivity index (χ0v) is 15.4. The highest BCUT2D eigenvalue weighted by atomic mass is 16.2. The number of rotatable bonds is 3. The zero-order valence-electron chi connectivity index (χ0n) is 15.4. The van der Waals surface area contributed by atoms with Crippen LogP contribution in [-0.2, 0) is 6.54 Å². The summed E-state index contributed by atoms with van der Waals surface area (Å²) in [5.41, 5.74) is 1.95. The molecule has 1 aliphatic rings. The minimum atomic E-state index is -0.381. The molecular formula is C21H21N5O2. The standard InChI is InChI=1S/C21H21N5O2/c27-20-17-12-23-19-16(6-9-22-19)18(17)26(21(28)24-20)15-7-10-25(11-8-15)13-14-4-2-1-3-5-14/h1-6,9,12,15H,7-8,10-11,13H2,(H,22,23)(H,24,27,28). The Balaban J connectivity index is 1.50. The maximum atomic E-state index is 12.8. The predicted molar refractivity (Wildman–Crippen MR) is 108 cm³/mol. The molecule has 28 heavy (non-hydrogen) atoms. The highest BCUT2D eigenvalue weighted by Crippen LogP contribution is 2.27. The molecule has 0 atom stereocenters. The Morgan fingerprint density at radius 3 is 2.61 bits per heavy atom. The van der Waals surface area contributed by atoms with Gasteiger partial charge in [-0.05, 0) is 24.5 Å². The number of fused-ring (bicyclic) bond motifs is 3. The summed E-state index contributed by atoms with van der Waals surface area (Å²) in [5, 5.41) is 1.27. The summed E-state index contributed by atoms with van der Waals surface area (Å²) in [6.45, 7) is 2.74. The fourth-order valence-corrected chi connectivity index (χ4v) is 4.27. The van der Waals surface area contributed by atoms with Crippen LogP contribution < -0.4 is 11.2 Å². The number of aromatic amines is 2. The van der Waals surface area contributed by atoms with Crippen LogP contribution in [0.25, 0.3) is 21.9 Å². The molecule has 0 radical (unpaired) electrons. The molecule has 0 bridgehead atoms. The van der Waals surface area contributed by atoms with Crippen molar-refractivity contribution in [3.05, 3.63) is 75.2 Å². The molecule has 5 rings (SSSR count). The quantitative estimate of drug-likeness (QED) is 0.576. The second-order valence-corrected chi connectivity index (χ2v) is 7.38. The van der Waals surface area contributed by atoms with Crippen LogP contribution in [0.1, 0.15) is 24.4 Å². The summed E-state index contributed by atoms with van der Waals surface area (Å²) in [4.78, 5) is 37.3. The van der Waals surface area contributed by atoms with Crippen molar-refractivity contribution in [3.8, 4) is 0 Å². The van der Waals surface area contributed by atoms with E-state index >= 15 is 0 Å². The van der Waals surface area contributed by atoms with E-state index in [1.54, 1.807) is 17.0 Å². The van der Waals surface area contributed by atoms with Crippen LogP contribution in [0, 0.1) is 0 Å². The molecule has 1 saturated heterocycles. The van der Waals surface area contributed by atoms with Crippen molar-refractivity contribution >= 4 is 21.9 Å². The molecule has 0 amide bonds. The molecule has 7 nitrogen and oxygen atoms in total. The summed E-state index contributed by atoms with van der Waals surface area (Å²) >= 11 is 0. The highest BCUT2D eigenvalue weighted by molar-refractivity contribution is 6.01. The minimum absolute atomic E-state index is 0.0550. The Morgan fingerprint density at radius 1 is 1.04 bits per heavy atom. The van der Waals surface area contributed by atoms with Crippen molar-refractivity contribution in [2.24, 2.45) is 0 Å². The van der Waals surface area contributed by atoms with Gasteiger partial charge in [-0.1, -0.05) is 30.3 Å². The number of nitrogens with one attached hydrogen (secondary N) is 2. The van der Waals surface area contributed by atoms with Gasteiger partial charge in [-0.3, -0.25) is 19.2 Å². The van der Waals surface area contributed by atoms with E-state index in [0.29, 0.717) is 16.6 Å². The number of hydrogen-bond acceptors (Lipinski definition) is 4. The molecular weight excluding hydrogens is 354 g/mol. The molecule has 1 aromatic carbocycles. The third-order valence-electron chi connectivity index (χ3n) is 5.65. The summed E-state index contributed by atoms with van der Waals surface area (Å²) in [6, 6.07) is 12.4. The average Bonchev–Trinajstić information content (AvgIpc) is 3.19. The van der Waals surface area contributed by atoms with Gasteiger partial charge in [0.1, 0.15) is 5.65 Å². The van der Waals surface area contributed by atoms with Crippen LogP contribution in [0.5, 0.6) is 0 Å². The zero-order chi connectivity index (χ0) is 19.1. The molecule has 4 heterocycles. The molecule has 0 saturated carbocycles. The van der Waals surface area contributed by atoms with E-state index in [4.69, 9.17) is 0 Å². The van der Waals surface area contributed by atoms with Crippen LogP contribution in [0.4, 0.5) is 0 Å². The maximum absolute atomic E-state index is 12.8. The first-order valence-corrected chi connectivity index (χ1v) is 9.57. The topological polar surface area (TPSA) is 86.8 Å². The van der Waals surface area contributed by atoms with Gasteiger partial charge >= 0.3 is 5.69 Å². The third kappa shape index (κ3) is 2.84. The van der Waals surface area contributed by atoms with Gasteiger partial charge in [0.05, 0.1) is 10.9 Å². The second-order valence-electron chi connectivity index (χ2n) is 7.38. The van der Waals surface area contributed by atoms with Crippen molar-refractivity contribution in [2.45, 2.75) is 25.4 Å². The van der Waals surface area contributed by atoms with Crippen LogP contribution in [0.3, 0.4) is 0 Å². The van der Waals surface area contributed by atoms with E-state index in [0.717, 1.165) is 37.9 Å². The number of piperidine rings is 1. The van der Waals surface area contributed by atoms with Gasteiger partial charge in [-0.15, -0.1) is 0 Å². The molecule has 0 aliphatic carbocycles. The summed E-state index contributed by atoms with van der Waals surface area (Å²) in [5.74, 6) is 0. The van der Waals surface area contributed by atoms with E-state index < -0.39 is 0 Å². The van der Waals surface area contributed by atoms with Gasteiger partial charge in [0.2, 0.25) is 0 Å². The molecule has 4 aromatic rings. The lowest BCUT2D eigenvalue weighted by molar-refractivity contribution is 0.179. The molecule has 2 N–H and O–H groups in total. The number of pyridine rings is 1. The van der Waals surface area contributed by atoms with Gasteiger partial charge in [0.15, 0.2) is 0 Å². The number of benzene rings is 1. The summed E-state index contributed by atoms with van der Waals surface area (Å²) in [7, 11) is 0. The van der Waals surface area contributed by atoms with Crippen molar-refractivity contribution in [1.29, 1.82) is 0 Å².